The van der Waals surface area contributed by atoms with Crippen molar-refractivity contribution in [2.75, 3.05) is 0 Å². The number of rotatable bonds is 3. The molecule has 0 aromatic heterocycles. The zero-order chi connectivity index (χ0) is 9.31. The Morgan fingerprint density at radius 2 is 1.85 bits per heavy atom. The molecule has 0 radical (unpaired) electrons. The van der Waals surface area contributed by atoms with Gasteiger partial charge in [-0.05, 0) is 32.3 Å². The van der Waals surface area contributed by atoms with E-state index < -0.39 is 0 Å². The molecule has 0 aliphatic heterocycles. The molecule has 0 saturated heterocycles. The summed E-state index contributed by atoms with van der Waals surface area (Å²) in [5, 5.41) is 3.65. The third kappa shape index (κ3) is 2.10. The first kappa shape index (κ1) is 8.76. The number of hydrogen-bond donors (Lipinski definition) is 1. The fraction of sp³-hybridized carbons (Fsp3) is 0.500. The average Bonchev–Trinajstić information content (AvgIpc) is 2.85. The Labute approximate surface area is 80.2 Å². The Morgan fingerprint density at radius 3 is 2.38 bits per heavy atom. The van der Waals surface area contributed by atoms with Gasteiger partial charge in [-0.2, -0.15) is 0 Å². The largest absolute Gasteiger partial charge is 0.305 e. The molecule has 1 unspecified atom stereocenters. The molecule has 1 aromatic carbocycles. The summed E-state index contributed by atoms with van der Waals surface area (Å²) >= 11 is 0. The predicted molar refractivity (Wildman–Crippen MR) is 55.6 cm³/mol. The highest BCUT2D eigenvalue weighted by Gasteiger charge is 2.37. The lowest BCUT2D eigenvalue weighted by Gasteiger charge is -2.19. The fourth-order valence-corrected chi connectivity index (χ4v) is 1.68. The van der Waals surface area contributed by atoms with Gasteiger partial charge in [0.05, 0.1) is 0 Å². The monoisotopic (exact) mass is 175 g/mol. The van der Waals surface area contributed by atoms with Crippen molar-refractivity contribution >= 4 is 0 Å². The van der Waals surface area contributed by atoms with E-state index in [1.807, 2.05) is 0 Å². The van der Waals surface area contributed by atoms with Crippen LogP contribution in [0.1, 0.15) is 38.3 Å². The number of benzene rings is 1. The van der Waals surface area contributed by atoms with Crippen LogP contribution in [-0.2, 0) is 0 Å². The van der Waals surface area contributed by atoms with E-state index in [9.17, 15) is 0 Å². The first-order chi connectivity index (χ1) is 6.20. The summed E-state index contributed by atoms with van der Waals surface area (Å²) in [6, 6.07) is 11.1. The van der Waals surface area contributed by atoms with Crippen LogP contribution in [0.5, 0.6) is 0 Å². The summed E-state index contributed by atoms with van der Waals surface area (Å²) < 4.78 is 0. The lowest BCUT2D eigenvalue weighted by atomic mass is 10.1. The second kappa shape index (κ2) is 3.15. The van der Waals surface area contributed by atoms with Crippen LogP contribution in [0.2, 0.25) is 0 Å². The van der Waals surface area contributed by atoms with Gasteiger partial charge in [-0.1, -0.05) is 30.3 Å². The van der Waals surface area contributed by atoms with Crippen molar-refractivity contribution in [2.45, 2.75) is 38.3 Å². The molecule has 1 heteroatoms. The molecule has 70 valence electrons. The standard InChI is InChI=1S/C12H17N/c1-10(13-12(2)8-9-12)11-6-4-3-5-7-11/h3-7,10,13H,8-9H2,1-2H3. The number of nitrogens with one attached hydrogen (secondary N) is 1. The smallest absolute Gasteiger partial charge is 0.0296 e. The van der Waals surface area contributed by atoms with E-state index in [0.29, 0.717) is 11.6 Å². The van der Waals surface area contributed by atoms with Gasteiger partial charge in [0, 0.05) is 11.6 Å². The van der Waals surface area contributed by atoms with Crippen LogP contribution in [0.3, 0.4) is 0 Å². The van der Waals surface area contributed by atoms with E-state index in [-0.39, 0.29) is 0 Å². The van der Waals surface area contributed by atoms with Gasteiger partial charge < -0.3 is 5.32 Å². The summed E-state index contributed by atoms with van der Waals surface area (Å²) in [6.45, 7) is 4.53. The number of hydrogen-bond acceptors (Lipinski definition) is 1. The highest BCUT2D eigenvalue weighted by molar-refractivity contribution is 5.19. The minimum atomic E-state index is 0.426. The summed E-state index contributed by atoms with van der Waals surface area (Å²) in [4.78, 5) is 0. The molecule has 1 N–H and O–H groups in total. The molecule has 0 amide bonds. The maximum absolute atomic E-state index is 3.65. The van der Waals surface area contributed by atoms with Crippen LogP contribution in [0.25, 0.3) is 0 Å². The maximum Gasteiger partial charge on any atom is 0.0296 e. The van der Waals surface area contributed by atoms with E-state index in [2.05, 4.69) is 49.5 Å². The van der Waals surface area contributed by atoms with E-state index >= 15 is 0 Å². The lowest BCUT2D eigenvalue weighted by Crippen LogP contribution is -2.30. The van der Waals surface area contributed by atoms with Crippen molar-refractivity contribution in [3.63, 3.8) is 0 Å². The minimum absolute atomic E-state index is 0.426. The molecule has 1 aliphatic rings. The minimum Gasteiger partial charge on any atom is -0.305 e. The molecule has 1 aromatic rings. The lowest BCUT2D eigenvalue weighted by molar-refractivity contribution is 0.467. The highest BCUT2D eigenvalue weighted by atomic mass is 15.0. The summed E-state index contributed by atoms with van der Waals surface area (Å²) in [6.07, 6.45) is 2.65. The van der Waals surface area contributed by atoms with E-state index in [1.165, 1.54) is 18.4 Å². The van der Waals surface area contributed by atoms with Crippen LogP contribution >= 0.6 is 0 Å². The zero-order valence-electron chi connectivity index (χ0n) is 8.38. The Bertz CT molecular complexity index is 274. The Morgan fingerprint density at radius 1 is 1.23 bits per heavy atom. The molecule has 1 atom stereocenters. The Hall–Kier alpha value is -0.820. The van der Waals surface area contributed by atoms with Crippen molar-refractivity contribution in [1.82, 2.24) is 5.32 Å². The Kier molecular flexibility index (Phi) is 2.12. The van der Waals surface area contributed by atoms with Crippen molar-refractivity contribution in [1.29, 1.82) is 0 Å². The van der Waals surface area contributed by atoms with Gasteiger partial charge in [-0.15, -0.1) is 0 Å². The summed E-state index contributed by atoms with van der Waals surface area (Å²) in [5.74, 6) is 0. The SMILES string of the molecule is CC(NC1(C)CC1)c1ccccc1. The first-order valence-electron chi connectivity index (χ1n) is 5.02. The molecule has 0 bridgehead atoms. The van der Waals surface area contributed by atoms with Crippen LogP contribution < -0.4 is 5.32 Å². The predicted octanol–water partition coefficient (Wildman–Crippen LogP) is 2.89. The van der Waals surface area contributed by atoms with E-state index in [0.717, 1.165) is 0 Å². The fourth-order valence-electron chi connectivity index (χ4n) is 1.68. The van der Waals surface area contributed by atoms with Gasteiger partial charge in [0.15, 0.2) is 0 Å². The van der Waals surface area contributed by atoms with Crippen molar-refractivity contribution < 1.29 is 0 Å². The van der Waals surface area contributed by atoms with Crippen LogP contribution in [0, 0.1) is 0 Å². The van der Waals surface area contributed by atoms with Crippen molar-refractivity contribution in [3.8, 4) is 0 Å². The normalized spacial score (nSPS) is 21.1. The van der Waals surface area contributed by atoms with Gasteiger partial charge in [0.1, 0.15) is 0 Å². The van der Waals surface area contributed by atoms with Gasteiger partial charge in [-0.25, -0.2) is 0 Å². The molecule has 1 aliphatic carbocycles. The maximum atomic E-state index is 3.65. The van der Waals surface area contributed by atoms with Crippen molar-refractivity contribution in [3.05, 3.63) is 35.9 Å². The molecular formula is C12H17N. The van der Waals surface area contributed by atoms with E-state index in [1.54, 1.807) is 0 Å². The topological polar surface area (TPSA) is 12.0 Å². The van der Waals surface area contributed by atoms with Gasteiger partial charge in [0.2, 0.25) is 0 Å². The molecular weight excluding hydrogens is 158 g/mol. The Balaban J connectivity index is 2.01. The third-order valence-corrected chi connectivity index (χ3v) is 2.86. The molecule has 1 nitrogen and oxygen atoms in total. The zero-order valence-corrected chi connectivity index (χ0v) is 8.38. The molecule has 1 fully saturated rings. The summed E-state index contributed by atoms with van der Waals surface area (Å²) in [5.41, 5.74) is 1.81. The molecule has 0 heterocycles. The first-order valence-corrected chi connectivity index (χ1v) is 5.02. The quantitative estimate of drug-likeness (QED) is 0.744. The third-order valence-electron chi connectivity index (χ3n) is 2.86. The van der Waals surface area contributed by atoms with Crippen molar-refractivity contribution in [2.24, 2.45) is 0 Å². The molecule has 0 spiro atoms. The second-order valence-electron chi connectivity index (χ2n) is 4.34. The second-order valence-corrected chi connectivity index (χ2v) is 4.34. The molecule has 13 heavy (non-hydrogen) atoms. The van der Waals surface area contributed by atoms with E-state index in [4.69, 9.17) is 0 Å². The van der Waals surface area contributed by atoms with Gasteiger partial charge >= 0.3 is 0 Å². The summed E-state index contributed by atoms with van der Waals surface area (Å²) in [7, 11) is 0. The van der Waals surface area contributed by atoms with Gasteiger partial charge in [0.25, 0.3) is 0 Å². The molecule has 1 saturated carbocycles. The molecule has 2 rings (SSSR count). The van der Waals surface area contributed by atoms with Gasteiger partial charge in [-0.3, -0.25) is 0 Å². The average molecular weight is 175 g/mol. The van der Waals surface area contributed by atoms with Crippen LogP contribution in [0.4, 0.5) is 0 Å². The van der Waals surface area contributed by atoms with Crippen LogP contribution in [0.15, 0.2) is 30.3 Å². The van der Waals surface area contributed by atoms with Crippen LogP contribution in [-0.4, -0.2) is 5.54 Å². The highest BCUT2D eigenvalue weighted by Crippen LogP contribution is 2.36.